The van der Waals surface area contributed by atoms with Crippen LogP contribution in [0.1, 0.15) is 19.4 Å². The van der Waals surface area contributed by atoms with E-state index in [1.54, 1.807) is 30.3 Å². The summed E-state index contributed by atoms with van der Waals surface area (Å²) < 4.78 is 5.43. The average Bonchev–Trinajstić information content (AvgIpc) is 2.72. The summed E-state index contributed by atoms with van der Waals surface area (Å²) in [4.78, 5) is 35.1. The molecule has 8 nitrogen and oxygen atoms in total. The van der Waals surface area contributed by atoms with E-state index >= 15 is 0 Å². The van der Waals surface area contributed by atoms with Crippen LogP contribution in [0, 0.1) is 5.92 Å². The summed E-state index contributed by atoms with van der Waals surface area (Å²) in [6.45, 7) is 4.03. The van der Waals surface area contributed by atoms with Crippen LogP contribution >= 0.6 is 11.6 Å². The monoisotopic (exact) mass is 430 g/mol. The van der Waals surface area contributed by atoms with E-state index in [0.717, 1.165) is 0 Å². The Balaban J connectivity index is 1.83. The molecular weight excluding hydrogens is 408 g/mol. The Morgan fingerprint density at radius 2 is 1.83 bits per heavy atom. The number of nitrogens with one attached hydrogen (secondary N) is 3. The lowest BCUT2D eigenvalue weighted by atomic mass is 10.2. The minimum Gasteiger partial charge on any atom is -0.482 e. The van der Waals surface area contributed by atoms with Crippen molar-refractivity contribution in [2.75, 3.05) is 18.5 Å². The quantitative estimate of drug-likeness (QED) is 0.339. The molecule has 0 atom stereocenters. The number of halogens is 1. The first-order valence-corrected chi connectivity index (χ1v) is 9.61. The third kappa shape index (κ3) is 7.92. The molecule has 0 saturated heterocycles. The maximum Gasteiger partial charge on any atom is 0.329 e. The zero-order chi connectivity index (χ0) is 21.9. The Morgan fingerprint density at radius 3 is 2.50 bits per heavy atom. The molecule has 0 heterocycles. The molecule has 3 amide bonds. The van der Waals surface area contributed by atoms with Gasteiger partial charge in [-0.05, 0) is 41.8 Å². The summed E-state index contributed by atoms with van der Waals surface area (Å²) in [5, 5.41) is 9.20. The Bertz CT molecular complexity index is 916. The molecule has 30 heavy (non-hydrogen) atoms. The van der Waals surface area contributed by atoms with Crippen molar-refractivity contribution in [2.24, 2.45) is 11.0 Å². The van der Waals surface area contributed by atoms with E-state index in [1.165, 1.54) is 6.21 Å². The lowest BCUT2D eigenvalue weighted by Crippen LogP contribution is -2.39. The van der Waals surface area contributed by atoms with Crippen LogP contribution in [0.5, 0.6) is 5.75 Å². The molecule has 2 rings (SSSR count). The highest BCUT2D eigenvalue weighted by Crippen LogP contribution is 2.25. The van der Waals surface area contributed by atoms with Crippen molar-refractivity contribution in [1.82, 2.24) is 10.7 Å². The second-order valence-electron chi connectivity index (χ2n) is 6.70. The summed E-state index contributed by atoms with van der Waals surface area (Å²) in [6, 6.07) is 13.8. The standard InChI is InChI=1S/C21H23ClN4O4/c1-14(2)11-23-20(28)21(29)26-24-12-15-8-9-18(17(22)10-15)30-13-19(27)25-16-6-4-3-5-7-16/h3-10,12,14H,11,13H2,1-2H3,(H,23,28)(H,25,27)(H,26,29)/b24-12-. The molecule has 0 fully saturated rings. The maximum atomic E-state index is 11.9. The fraction of sp³-hybridized carbons (Fsp3) is 0.238. The maximum absolute atomic E-state index is 11.9. The van der Waals surface area contributed by atoms with Gasteiger partial charge in [-0.2, -0.15) is 5.10 Å². The van der Waals surface area contributed by atoms with E-state index in [4.69, 9.17) is 16.3 Å². The van der Waals surface area contributed by atoms with Crippen LogP contribution in [0.3, 0.4) is 0 Å². The van der Waals surface area contributed by atoms with Crippen LogP contribution in [0.4, 0.5) is 5.69 Å². The number of hydrazone groups is 1. The second-order valence-corrected chi connectivity index (χ2v) is 7.10. The van der Waals surface area contributed by atoms with Crippen molar-refractivity contribution in [3.8, 4) is 5.75 Å². The number of hydrogen-bond acceptors (Lipinski definition) is 5. The lowest BCUT2D eigenvalue weighted by molar-refractivity contribution is -0.139. The SMILES string of the molecule is CC(C)CNC(=O)C(=O)N/N=C\c1ccc(OCC(=O)Nc2ccccc2)c(Cl)c1. The number of benzene rings is 2. The molecule has 0 aliphatic carbocycles. The highest BCUT2D eigenvalue weighted by atomic mass is 35.5. The van der Waals surface area contributed by atoms with Crippen molar-refractivity contribution >= 4 is 41.2 Å². The van der Waals surface area contributed by atoms with Crippen molar-refractivity contribution in [3.05, 3.63) is 59.1 Å². The minimum atomic E-state index is -0.859. The molecule has 0 aromatic heterocycles. The molecule has 0 spiro atoms. The number of ether oxygens (including phenoxy) is 1. The van der Waals surface area contributed by atoms with Crippen LogP contribution in [0.2, 0.25) is 5.02 Å². The van der Waals surface area contributed by atoms with E-state index in [-0.39, 0.29) is 23.5 Å². The third-order valence-electron chi connectivity index (χ3n) is 3.63. The summed E-state index contributed by atoms with van der Waals surface area (Å²) in [6.07, 6.45) is 1.34. The van der Waals surface area contributed by atoms with Gasteiger partial charge in [-0.3, -0.25) is 14.4 Å². The molecule has 0 unspecified atom stereocenters. The first-order chi connectivity index (χ1) is 14.3. The number of para-hydroxylation sites is 1. The van der Waals surface area contributed by atoms with Crippen molar-refractivity contribution in [1.29, 1.82) is 0 Å². The summed E-state index contributed by atoms with van der Waals surface area (Å²) in [7, 11) is 0. The molecule has 0 aliphatic rings. The van der Waals surface area contributed by atoms with Gasteiger partial charge in [0.2, 0.25) is 0 Å². The first-order valence-electron chi connectivity index (χ1n) is 9.23. The van der Waals surface area contributed by atoms with Gasteiger partial charge >= 0.3 is 11.8 Å². The van der Waals surface area contributed by atoms with Crippen molar-refractivity contribution in [3.63, 3.8) is 0 Å². The van der Waals surface area contributed by atoms with Crippen LogP contribution < -0.4 is 20.8 Å². The molecule has 3 N–H and O–H groups in total. The van der Waals surface area contributed by atoms with Crippen LogP contribution in [0.25, 0.3) is 0 Å². The number of carbonyl (C=O) groups is 3. The zero-order valence-corrected chi connectivity index (χ0v) is 17.4. The normalized spacial score (nSPS) is 10.7. The third-order valence-corrected chi connectivity index (χ3v) is 3.92. The molecule has 0 radical (unpaired) electrons. The molecule has 2 aromatic rings. The number of amides is 3. The Morgan fingerprint density at radius 1 is 1.10 bits per heavy atom. The van der Waals surface area contributed by atoms with E-state index in [9.17, 15) is 14.4 Å². The largest absolute Gasteiger partial charge is 0.482 e. The van der Waals surface area contributed by atoms with Gasteiger partial charge in [0.1, 0.15) is 5.75 Å². The molecule has 9 heteroatoms. The topological polar surface area (TPSA) is 109 Å². The van der Waals surface area contributed by atoms with Gasteiger partial charge in [0.15, 0.2) is 6.61 Å². The Hall–Kier alpha value is -3.39. The highest BCUT2D eigenvalue weighted by Gasteiger charge is 2.12. The number of nitrogens with zero attached hydrogens (tertiary/aromatic N) is 1. The van der Waals surface area contributed by atoms with Gasteiger partial charge in [-0.1, -0.05) is 43.6 Å². The van der Waals surface area contributed by atoms with Crippen LogP contribution in [0.15, 0.2) is 53.6 Å². The van der Waals surface area contributed by atoms with E-state index in [1.807, 2.05) is 32.0 Å². The predicted octanol–water partition coefficient (Wildman–Crippen LogP) is 2.58. The minimum absolute atomic E-state index is 0.205. The van der Waals surface area contributed by atoms with Gasteiger partial charge in [0, 0.05) is 12.2 Å². The fourth-order valence-corrected chi connectivity index (χ4v) is 2.41. The summed E-state index contributed by atoms with van der Waals surface area (Å²) >= 11 is 6.17. The molecule has 0 saturated carbocycles. The Kier molecular flexibility index (Phi) is 8.83. The molecule has 0 bridgehead atoms. The predicted molar refractivity (Wildman–Crippen MR) is 116 cm³/mol. The highest BCUT2D eigenvalue weighted by molar-refractivity contribution is 6.35. The van der Waals surface area contributed by atoms with Gasteiger partial charge in [0.25, 0.3) is 5.91 Å². The van der Waals surface area contributed by atoms with Crippen molar-refractivity contribution in [2.45, 2.75) is 13.8 Å². The van der Waals surface area contributed by atoms with E-state index in [2.05, 4.69) is 21.2 Å². The number of carbonyl (C=O) groups excluding carboxylic acids is 3. The zero-order valence-electron chi connectivity index (χ0n) is 16.6. The smallest absolute Gasteiger partial charge is 0.329 e. The van der Waals surface area contributed by atoms with Crippen LogP contribution in [-0.2, 0) is 14.4 Å². The second kappa shape index (κ2) is 11.6. The lowest BCUT2D eigenvalue weighted by Gasteiger charge is -2.09. The van der Waals surface area contributed by atoms with E-state index in [0.29, 0.717) is 23.5 Å². The summed E-state index contributed by atoms with van der Waals surface area (Å²) in [5.74, 6) is -1.37. The molecule has 158 valence electrons. The average molecular weight is 431 g/mol. The number of anilines is 1. The first kappa shape index (κ1) is 22.9. The van der Waals surface area contributed by atoms with Gasteiger partial charge < -0.3 is 15.4 Å². The molecule has 0 aliphatic heterocycles. The van der Waals surface area contributed by atoms with Crippen LogP contribution in [-0.4, -0.2) is 37.1 Å². The fourth-order valence-electron chi connectivity index (χ4n) is 2.17. The molecule has 2 aromatic carbocycles. The number of hydrogen-bond donors (Lipinski definition) is 3. The Labute approximate surface area is 179 Å². The number of rotatable bonds is 8. The van der Waals surface area contributed by atoms with E-state index < -0.39 is 11.8 Å². The van der Waals surface area contributed by atoms with Gasteiger partial charge in [0.05, 0.1) is 11.2 Å². The van der Waals surface area contributed by atoms with Gasteiger partial charge in [-0.15, -0.1) is 0 Å². The van der Waals surface area contributed by atoms with Crippen molar-refractivity contribution < 1.29 is 19.1 Å². The summed E-state index contributed by atoms with van der Waals surface area (Å²) in [5.41, 5.74) is 3.39. The molecular formula is C21H23ClN4O4. The van der Waals surface area contributed by atoms with Gasteiger partial charge in [-0.25, -0.2) is 5.43 Å².